The van der Waals surface area contributed by atoms with Crippen LogP contribution in [0.2, 0.25) is 0 Å². The van der Waals surface area contributed by atoms with E-state index in [1.54, 1.807) is 18.7 Å². The maximum atomic E-state index is 12.0. The smallest absolute Gasteiger partial charge is 0.252 e. The topological polar surface area (TPSA) is 85.1 Å². The first kappa shape index (κ1) is 14.7. The van der Waals surface area contributed by atoms with Crippen LogP contribution in [0.3, 0.4) is 0 Å². The fraction of sp³-hybridized carbons (Fsp3) is 0.667. The van der Waals surface area contributed by atoms with Gasteiger partial charge in [0.25, 0.3) is 10.0 Å². The van der Waals surface area contributed by atoms with E-state index < -0.39 is 10.0 Å². The van der Waals surface area contributed by atoms with Gasteiger partial charge in [-0.15, -0.1) is 0 Å². The Balaban J connectivity index is 2.73. The van der Waals surface area contributed by atoms with Crippen LogP contribution < -0.4 is 10.5 Å². The van der Waals surface area contributed by atoms with Gasteiger partial charge in [0, 0.05) is 6.54 Å². The van der Waals surface area contributed by atoms with Crippen molar-refractivity contribution in [1.29, 1.82) is 0 Å². The average molecular weight is 295 g/mol. The lowest BCUT2D eigenvalue weighted by molar-refractivity contribution is 0.564. The predicted octanol–water partition coefficient (Wildman–Crippen LogP) is 1.31. The molecular weight excluding hydrogens is 278 g/mol. The summed E-state index contributed by atoms with van der Waals surface area (Å²) in [6.45, 7) is 4.08. The third-order valence-corrected chi connectivity index (χ3v) is 6.01. The number of sulfonamides is 1. The summed E-state index contributed by atoms with van der Waals surface area (Å²) in [5, 5.41) is 0.278. The van der Waals surface area contributed by atoms with Crippen molar-refractivity contribution in [3.63, 3.8) is 0 Å². The zero-order chi connectivity index (χ0) is 13.1. The van der Waals surface area contributed by atoms with Gasteiger partial charge in [-0.2, -0.15) is 11.8 Å². The second kappa shape index (κ2) is 6.03. The zero-order valence-electron chi connectivity index (χ0n) is 10.1. The van der Waals surface area contributed by atoms with Gasteiger partial charge < -0.3 is 5.73 Å². The van der Waals surface area contributed by atoms with Crippen molar-refractivity contribution in [2.45, 2.75) is 18.1 Å². The molecule has 17 heavy (non-hydrogen) atoms. The van der Waals surface area contributed by atoms with Crippen LogP contribution in [0.15, 0.2) is 4.21 Å². The quantitative estimate of drug-likeness (QED) is 0.826. The Bertz CT molecular complexity index is 470. The third kappa shape index (κ3) is 4.13. The van der Waals surface area contributed by atoms with Gasteiger partial charge in [-0.05, 0) is 24.9 Å². The number of aryl methyl sites for hydroxylation is 1. The van der Waals surface area contributed by atoms with Gasteiger partial charge in [0.2, 0.25) is 0 Å². The lowest BCUT2D eigenvalue weighted by Crippen LogP contribution is -2.29. The van der Waals surface area contributed by atoms with Crippen molar-refractivity contribution < 1.29 is 8.42 Å². The highest BCUT2D eigenvalue weighted by Crippen LogP contribution is 2.24. The first-order valence-corrected chi connectivity index (χ1v) is 8.77. The molecule has 8 heteroatoms. The van der Waals surface area contributed by atoms with Crippen LogP contribution in [0, 0.1) is 12.8 Å². The summed E-state index contributed by atoms with van der Waals surface area (Å²) < 4.78 is 26.7. The van der Waals surface area contributed by atoms with Crippen LogP contribution in [0.25, 0.3) is 0 Å². The largest absolute Gasteiger partial charge is 0.375 e. The van der Waals surface area contributed by atoms with Crippen LogP contribution in [-0.4, -0.2) is 32.0 Å². The first-order chi connectivity index (χ1) is 7.86. The zero-order valence-corrected chi connectivity index (χ0v) is 12.5. The van der Waals surface area contributed by atoms with E-state index in [0.717, 1.165) is 17.1 Å². The molecule has 98 valence electrons. The maximum absolute atomic E-state index is 12.0. The van der Waals surface area contributed by atoms with E-state index in [4.69, 9.17) is 5.73 Å². The Morgan fingerprint density at radius 1 is 1.59 bits per heavy atom. The number of rotatable bonds is 6. The van der Waals surface area contributed by atoms with Crippen molar-refractivity contribution in [3.8, 4) is 0 Å². The molecule has 0 aliphatic heterocycles. The Kier molecular flexibility index (Phi) is 5.23. The molecule has 0 radical (unpaired) electrons. The first-order valence-electron chi connectivity index (χ1n) is 5.08. The third-order valence-electron chi connectivity index (χ3n) is 2.09. The molecule has 1 unspecified atom stereocenters. The average Bonchev–Trinajstić information content (AvgIpc) is 2.56. The highest BCUT2D eigenvalue weighted by molar-refractivity contribution is 7.98. The van der Waals surface area contributed by atoms with E-state index in [9.17, 15) is 8.42 Å². The molecule has 5 nitrogen and oxygen atoms in total. The lowest BCUT2D eigenvalue weighted by Gasteiger charge is -2.10. The Morgan fingerprint density at radius 2 is 2.24 bits per heavy atom. The summed E-state index contributed by atoms with van der Waals surface area (Å²) in [5.74, 6) is 1.22. The molecule has 0 aliphatic carbocycles. The summed E-state index contributed by atoms with van der Waals surface area (Å²) >= 11 is 2.70. The van der Waals surface area contributed by atoms with Gasteiger partial charge in [-0.25, -0.2) is 18.1 Å². The molecule has 3 N–H and O–H groups in total. The number of nitrogens with one attached hydrogen (secondary N) is 1. The van der Waals surface area contributed by atoms with Crippen molar-refractivity contribution in [2.24, 2.45) is 5.92 Å². The van der Waals surface area contributed by atoms with E-state index in [1.165, 1.54) is 0 Å². The molecule has 0 spiro atoms. The van der Waals surface area contributed by atoms with Crippen molar-refractivity contribution >= 4 is 38.3 Å². The lowest BCUT2D eigenvalue weighted by atomic mass is 10.2. The van der Waals surface area contributed by atoms with E-state index in [0.29, 0.717) is 18.2 Å². The predicted molar refractivity (Wildman–Crippen MR) is 74.0 cm³/mol. The highest BCUT2D eigenvalue weighted by Gasteiger charge is 2.21. The SMILES string of the molecule is CSCC(C)CNS(=O)(=O)c1sc(N)nc1C. The molecule has 0 saturated carbocycles. The number of nitrogens with two attached hydrogens (primary N) is 1. The highest BCUT2D eigenvalue weighted by atomic mass is 32.2. The van der Waals surface area contributed by atoms with E-state index in [2.05, 4.69) is 9.71 Å². The number of aromatic nitrogens is 1. The Hall–Kier alpha value is -0.310. The molecule has 0 bridgehead atoms. The fourth-order valence-electron chi connectivity index (χ4n) is 1.31. The second-order valence-electron chi connectivity index (χ2n) is 3.84. The van der Waals surface area contributed by atoms with E-state index in [1.807, 2.05) is 13.2 Å². The van der Waals surface area contributed by atoms with Crippen LogP contribution >= 0.6 is 23.1 Å². The normalized spacial score (nSPS) is 13.8. The molecule has 0 fully saturated rings. The maximum Gasteiger partial charge on any atom is 0.252 e. The van der Waals surface area contributed by atoms with Crippen LogP contribution in [0.5, 0.6) is 0 Å². The number of nitrogen functional groups attached to an aromatic ring is 1. The molecular formula is C9H17N3O2S3. The second-order valence-corrected chi connectivity index (χ2v) is 7.74. The summed E-state index contributed by atoms with van der Waals surface area (Å²) in [5.41, 5.74) is 5.95. The number of hydrogen-bond acceptors (Lipinski definition) is 6. The molecule has 1 aromatic rings. The summed E-state index contributed by atoms with van der Waals surface area (Å²) in [6, 6.07) is 0. The van der Waals surface area contributed by atoms with Gasteiger partial charge in [0.15, 0.2) is 9.34 Å². The number of anilines is 1. The number of thiazole rings is 1. The summed E-state index contributed by atoms with van der Waals surface area (Å²) in [7, 11) is -3.47. The van der Waals surface area contributed by atoms with Crippen molar-refractivity contribution in [1.82, 2.24) is 9.71 Å². The minimum atomic E-state index is -3.47. The summed E-state index contributed by atoms with van der Waals surface area (Å²) in [4.78, 5) is 3.91. The number of nitrogens with zero attached hydrogens (tertiary/aromatic N) is 1. The van der Waals surface area contributed by atoms with Crippen molar-refractivity contribution in [3.05, 3.63) is 5.69 Å². The van der Waals surface area contributed by atoms with Crippen LogP contribution in [0.4, 0.5) is 5.13 Å². The molecule has 1 aromatic heterocycles. The minimum Gasteiger partial charge on any atom is -0.375 e. The Morgan fingerprint density at radius 3 is 2.71 bits per heavy atom. The van der Waals surface area contributed by atoms with Crippen LogP contribution in [0.1, 0.15) is 12.6 Å². The number of thioether (sulfide) groups is 1. The summed E-state index contributed by atoms with van der Waals surface area (Å²) in [6.07, 6.45) is 2.00. The monoisotopic (exact) mass is 295 g/mol. The van der Waals surface area contributed by atoms with Gasteiger partial charge in [0.05, 0.1) is 5.69 Å². The van der Waals surface area contributed by atoms with E-state index in [-0.39, 0.29) is 9.34 Å². The molecule has 0 aromatic carbocycles. The molecule has 0 amide bonds. The standard InChI is InChI=1S/C9H17N3O2S3/c1-6(5-15-3)4-11-17(13,14)8-7(2)12-9(10)16-8/h6,11H,4-5H2,1-3H3,(H2,10,12). The van der Waals surface area contributed by atoms with Crippen LogP contribution in [-0.2, 0) is 10.0 Å². The molecule has 1 rings (SSSR count). The van der Waals surface area contributed by atoms with E-state index >= 15 is 0 Å². The number of hydrogen-bond donors (Lipinski definition) is 2. The van der Waals surface area contributed by atoms with Gasteiger partial charge >= 0.3 is 0 Å². The molecule has 1 atom stereocenters. The van der Waals surface area contributed by atoms with Gasteiger partial charge in [-0.3, -0.25) is 0 Å². The van der Waals surface area contributed by atoms with Crippen molar-refractivity contribution in [2.75, 3.05) is 24.3 Å². The van der Waals surface area contributed by atoms with Gasteiger partial charge in [0.1, 0.15) is 0 Å². The molecule has 0 aliphatic rings. The molecule has 0 saturated heterocycles. The minimum absolute atomic E-state index is 0.214. The van der Waals surface area contributed by atoms with Gasteiger partial charge in [-0.1, -0.05) is 18.3 Å². The molecule has 1 heterocycles. The Labute approximate surface area is 110 Å². The fourth-order valence-corrected chi connectivity index (χ4v) is 4.51.